The third-order valence-electron chi connectivity index (χ3n) is 5.98. The van der Waals surface area contributed by atoms with E-state index in [1.807, 2.05) is 38.1 Å². The van der Waals surface area contributed by atoms with Crippen LogP contribution in [-0.4, -0.2) is 60.2 Å². The molecule has 1 aromatic heterocycles. The number of halogens is 1. The van der Waals surface area contributed by atoms with E-state index < -0.39 is 0 Å². The Bertz CT molecular complexity index is 1030. The molecule has 1 amide bonds. The summed E-state index contributed by atoms with van der Waals surface area (Å²) in [5.41, 5.74) is 4.34. The molecule has 0 N–H and O–H groups in total. The quantitative estimate of drug-likeness (QED) is 0.464. The van der Waals surface area contributed by atoms with E-state index in [9.17, 15) is 10.1 Å². The number of aryl methyl sites for hydroxylation is 1. The molecule has 0 radical (unpaired) electrons. The first kappa shape index (κ1) is 24.1. The number of carbonyl (C=O) groups excluding carboxylic acids is 1. The predicted molar refractivity (Wildman–Crippen MR) is 127 cm³/mol. The van der Waals surface area contributed by atoms with Crippen molar-refractivity contribution in [3.05, 3.63) is 63.4 Å². The Labute approximate surface area is 195 Å². The zero-order valence-corrected chi connectivity index (χ0v) is 20.0. The van der Waals surface area contributed by atoms with Crippen molar-refractivity contribution in [1.82, 2.24) is 14.4 Å². The lowest BCUT2D eigenvalue weighted by Gasteiger charge is -2.34. The van der Waals surface area contributed by atoms with Gasteiger partial charge in [-0.25, -0.2) is 0 Å². The lowest BCUT2D eigenvalue weighted by Crippen LogP contribution is -2.48. The molecule has 6 nitrogen and oxygen atoms in total. The summed E-state index contributed by atoms with van der Waals surface area (Å²) < 4.78 is 7.47. The van der Waals surface area contributed by atoms with Crippen molar-refractivity contribution in [2.24, 2.45) is 0 Å². The monoisotopic (exact) mass is 454 g/mol. The van der Waals surface area contributed by atoms with Crippen molar-refractivity contribution in [3.8, 4) is 6.07 Å². The third kappa shape index (κ3) is 5.60. The van der Waals surface area contributed by atoms with Crippen LogP contribution in [0.3, 0.4) is 0 Å². The number of benzene rings is 1. The van der Waals surface area contributed by atoms with E-state index in [0.29, 0.717) is 19.7 Å². The minimum atomic E-state index is -0.204. The van der Waals surface area contributed by atoms with Gasteiger partial charge in [-0.3, -0.25) is 9.69 Å². The molecule has 2 aromatic rings. The number of aromatic nitrogens is 1. The molecule has 1 aliphatic rings. The molecule has 1 atom stereocenters. The van der Waals surface area contributed by atoms with Gasteiger partial charge >= 0.3 is 0 Å². The Kier molecular flexibility index (Phi) is 8.14. The van der Waals surface area contributed by atoms with Gasteiger partial charge in [-0.15, -0.1) is 0 Å². The number of hydrogen-bond acceptors (Lipinski definition) is 4. The highest BCUT2D eigenvalue weighted by molar-refractivity contribution is 6.30. The maximum absolute atomic E-state index is 13.1. The van der Waals surface area contributed by atoms with Crippen LogP contribution in [0.2, 0.25) is 5.02 Å². The number of rotatable bonds is 7. The van der Waals surface area contributed by atoms with Crippen LogP contribution in [0.4, 0.5) is 0 Å². The summed E-state index contributed by atoms with van der Waals surface area (Å²) >= 11 is 6.08. The molecule has 3 rings (SSSR count). The maximum Gasteiger partial charge on any atom is 0.264 e. The molecule has 1 unspecified atom stereocenters. The predicted octanol–water partition coefficient (Wildman–Crippen LogP) is 4.22. The third-order valence-corrected chi connectivity index (χ3v) is 6.21. The van der Waals surface area contributed by atoms with Gasteiger partial charge in [0.05, 0.1) is 12.6 Å². The van der Waals surface area contributed by atoms with Crippen molar-refractivity contribution in [3.63, 3.8) is 0 Å². The fourth-order valence-corrected chi connectivity index (χ4v) is 4.63. The molecule has 1 aliphatic heterocycles. The molecule has 0 spiro atoms. The fraction of sp³-hybridized carbons (Fsp3) is 0.440. The fourth-order valence-electron chi connectivity index (χ4n) is 4.41. The molecule has 1 fully saturated rings. The van der Waals surface area contributed by atoms with Gasteiger partial charge in [0, 0.05) is 56.2 Å². The van der Waals surface area contributed by atoms with E-state index in [4.69, 9.17) is 16.3 Å². The van der Waals surface area contributed by atoms with Gasteiger partial charge in [-0.2, -0.15) is 5.26 Å². The van der Waals surface area contributed by atoms with E-state index in [1.165, 1.54) is 0 Å². The van der Waals surface area contributed by atoms with Gasteiger partial charge < -0.3 is 14.2 Å². The number of carbonyl (C=O) groups is 1. The average Bonchev–Trinajstić information content (AvgIpc) is 3.05. The highest BCUT2D eigenvalue weighted by Gasteiger charge is 2.24. The molecule has 2 heterocycles. The number of methoxy groups -OCH3 is 1. The minimum absolute atomic E-state index is 0.174. The highest BCUT2D eigenvalue weighted by Crippen LogP contribution is 2.23. The Morgan fingerprint density at radius 1 is 1.25 bits per heavy atom. The van der Waals surface area contributed by atoms with Gasteiger partial charge in [0.25, 0.3) is 5.91 Å². The Morgan fingerprint density at radius 3 is 2.59 bits per heavy atom. The van der Waals surface area contributed by atoms with Crippen LogP contribution >= 0.6 is 11.6 Å². The van der Waals surface area contributed by atoms with Gasteiger partial charge in [0.1, 0.15) is 11.6 Å². The van der Waals surface area contributed by atoms with Crippen molar-refractivity contribution < 1.29 is 9.53 Å². The second kappa shape index (κ2) is 10.8. The molecule has 7 heteroatoms. The van der Waals surface area contributed by atoms with Crippen LogP contribution in [0, 0.1) is 25.2 Å². The largest absolute Gasteiger partial charge is 0.383 e. The first-order valence-electron chi connectivity index (χ1n) is 10.9. The first-order valence-corrected chi connectivity index (χ1v) is 11.3. The number of nitrogens with zero attached hydrogens (tertiary/aromatic N) is 4. The van der Waals surface area contributed by atoms with Crippen LogP contribution < -0.4 is 0 Å². The van der Waals surface area contributed by atoms with Crippen LogP contribution in [0.1, 0.15) is 35.5 Å². The van der Waals surface area contributed by atoms with E-state index >= 15 is 0 Å². The van der Waals surface area contributed by atoms with Crippen LogP contribution in [-0.2, 0) is 16.1 Å². The van der Waals surface area contributed by atoms with Gasteiger partial charge in [0.15, 0.2) is 0 Å². The average molecular weight is 455 g/mol. The summed E-state index contributed by atoms with van der Waals surface area (Å²) in [6.07, 6.45) is 1.72. The number of ether oxygens (including phenoxy) is 1. The smallest absolute Gasteiger partial charge is 0.264 e. The van der Waals surface area contributed by atoms with E-state index in [1.54, 1.807) is 18.1 Å². The summed E-state index contributed by atoms with van der Waals surface area (Å²) in [4.78, 5) is 17.1. The molecule has 1 aromatic carbocycles. The van der Waals surface area contributed by atoms with Crippen molar-refractivity contribution in [2.45, 2.75) is 33.4 Å². The first-order chi connectivity index (χ1) is 15.3. The van der Waals surface area contributed by atoms with Crippen LogP contribution in [0.25, 0.3) is 6.08 Å². The summed E-state index contributed by atoms with van der Waals surface area (Å²) in [5, 5.41) is 10.4. The van der Waals surface area contributed by atoms with Gasteiger partial charge in [-0.1, -0.05) is 23.7 Å². The molecule has 1 saturated heterocycles. The minimum Gasteiger partial charge on any atom is -0.383 e. The number of amides is 1. The lowest BCUT2D eigenvalue weighted by molar-refractivity contribution is -0.128. The Balaban J connectivity index is 1.67. The van der Waals surface area contributed by atoms with Gasteiger partial charge in [0.2, 0.25) is 0 Å². The number of nitriles is 1. The molecular formula is C25H31ClN4O2. The SMILES string of the molecule is COCC(C)n1c(C)cc(/C=C(/C#N)C(=O)N2CCN(Cc3cccc(Cl)c3)CC2)c1C. The normalized spacial score (nSPS) is 16.1. The van der Waals surface area contributed by atoms with Crippen LogP contribution in [0.5, 0.6) is 0 Å². The van der Waals surface area contributed by atoms with Crippen LogP contribution in [0.15, 0.2) is 35.9 Å². The number of piperazine rings is 1. The maximum atomic E-state index is 13.1. The second-order valence-electron chi connectivity index (χ2n) is 8.37. The van der Waals surface area contributed by atoms with Crippen molar-refractivity contribution in [2.75, 3.05) is 39.9 Å². The van der Waals surface area contributed by atoms with Crippen molar-refractivity contribution in [1.29, 1.82) is 5.26 Å². The van der Waals surface area contributed by atoms with Gasteiger partial charge in [-0.05, 0) is 56.2 Å². The lowest BCUT2D eigenvalue weighted by atomic mass is 10.1. The highest BCUT2D eigenvalue weighted by atomic mass is 35.5. The molecule has 0 bridgehead atoms. The number of hydrogen-bond donors (Lipinski definition) is 0. The van der Waals surface area contributed by atoms with Crippen molar-refractivity contribution >= 4 is 23.6 Å². The van der Waals surface area contributed by atoms with E-state index in [0.717, 1.165) is 47.2 Å². The zero-order chi connectivity index (χ0) is 23.3. The molecule has 32 heavy (non-hydrogen) atoms. The standard InChI is InChI=1S/C25H31ClN4O2/c1-18-12-22(20(3)30(18)19(2)17-32-4)14-23(15-27)25(31)29-10-8-28(9-11-29)16-21-6-5-7-24(26)13-21/h5-7,12-14,19H,8-11,16-17H2,1-4H3/b23-14-. The topological polar surface area (TPSA) is 61.5 Å². The summed E-state index contributed by atoms with van der Waals surface area (Å²) in [6.45, 7) is 10.3. The van der Waals surface area contributed by atoms with E-state index in [-0.39, 0.29) is 17.5 Å². The second-order valence-corrected chi connectivity index (χ2v) is 8.81. The molecule has 0 saturated carbocycles. The summed E-state index contributed by atoms with van der Waals surface area (Å²) in [6, 6.07) is 12.2. The Hall–Kier alpha value is -2.59. The van der Waals surface area contributed by atoms with E-state index in [2.05, 4.69) is 28.5 Å². The Morgan fingerprint density at radius 2 is 1.97 bits per heavy atom. The summed E-state index contributed by atoms with van der Waals surface area (Å²) in [7, 11) is 1.69. The zero-order valence-electron chi connectivity index (χ0n) is 19.3. The molecular weight excluding hydrogens is 424 g/mol. The molecule has 170 valence electrons. The molecule has 0 aliphatic carbocycles. The summed E-state index contributed by atoms with van der Waals surface area (Å²) in [5.74, 6) is -0.204.